The lowest BCUT2D eigenvalue weighted by molar-refractivity contribution is 0.640. The van der Waals surface area contributed by atoms with Crippen molar-refractivity contribution in [3.63, 3.8) is 0 Å². The fourth-order valence-corrected chi connectivity index (χ4v) is 1.60. The molecule has 0 saturated heterocycles. The highest BCUT2D eigenvalue weighted by Crippen LogP contribution is 2.20. The van der Waals surface area contributed by atoms with Gasteiger partial charge in [0.1, 0.15) is 5.82 Å². The number of fused-ring (bicyclic) bond motifs is 1. The van der Waals surface area contributed by atoms with E-state index in [2.05, 4.69) is 11.8 Å². The van der Waals surface area contributed by atoms with Crippen molar-refractivity contribution in [1.29, 1.82) is 0 Å². The third-order valence-electron chi connectivity index (χ3n) is 2.36. The first-order chi connectivity index (χ1) is 7.83. The van der Waals surface area contributed by atoms with Gasteiger partial charge in [0.25, 0.3) is 0 Å². The second kappa shape index (κ2) is 4.78. The maximum atomic E-state index is 13.5. The summed E-state index contributed by atoms with van der Waals surface area (Å²) in [5, 5.41) is 1.47. The first-order valence-electron chi connectivity index (χ1n) is 5.19. The fraction of sp³-hybridized carbons (Fsp3) is 0.143. The molecule has 0 aliphatic heterocycles. The SMILES string of the molecule is NCCC#Cc1ccc(F)c2ccccc12. The largest absolute Gasteiger partial charge is 0.330 e. The topological polar surface area (TPSA) is 26.0 Å². The molecule has 0 aliphatic carbocycles. The van der Waals surface area contributed by atoms with E-state index in [4.69, 9.17) is 5.73 Å². The van der Waals surface area contributed by atoms with E-state index in [0.29, 0.717) is 18.4 Å². The van der Waals surface area contributed by atoms with E-state index in [9.17, 15) is 4.39 Å². The molecule has 0 spiro atoms. The summed E-state index contributed by atoms with van der Waals surface area (Å²) >= 11 is 0. The van der Waals surface area contributed by atoms with E-state index in [-0.39, 0.29) is 5.82 Å². The van der Waals surface area contributed by atoms with Crippen molar-refractivity contribution in [3.05, 3.63) is 47.8 Å². The Morgan fingerprint density at radius 3 is 2.56 bits per heavy atom. The molecule has 2 aromatic rings. The summed E-state index contributed by atoms with van der Waals surface area (Å²) in [6.45, 7) is 0.548. The van der Waals surface area contributed by atoms with Crippen LogP contribution < -0.4 is 5.73 Å². The summed E-state index contributed by atoms with van der Waals surface area (Å²) in [6.07, 6.45) is 0.658. The van der Waals surface area contributed by atoms with Gasteiger partial charge in [-0.3, -0.25) is 0 Å². The lowest BCUT2D eigenvalue weighted by atomic mass is 10.0. The monoisotopic (exact) mass is 213 g/mol. The first kappa shape index (κ1) is 10.7. The van der Waals surface area contributed by atoms with Crippen molar-refractivity contribution in [2.75, 3.05) is 6.54 Å². The van der Waals surface area contributed by atoms with Crippen molar-refractivity contribution in [3.8, 4) is 11.8 Å². The average molecular weight is 213 g/mol. The quantitative estimate of drug-likeness (QED) is 0.724. The molecule has 0 atom stereocenters. The van der Waals surface area contributed by atoms with Crippen LogP contribution in [-0.4, -0.2) is 6.54 Å². The molecule has 2 heteroatoms. The van der Waals surface area contributed by atoms with Crippen molar-refractivity contribution in [2.24, 2.45) is 5.73 Å². The van der Waals surface area contributed by atoms with Crippen molar-refractivity contribution in [1.82, 2.24) is 0 Å². The number of hydrogen-bond acceptors (Lipinski definition) is 1. The average Bonchev–Trinajstić information content (AvgIpc) is 2.33. The van der Waals surface area contributed by atoms with E-state index in [0.717, 1.165) is 10.9 Å². The molecule has 1 nitrogen and oxygen atoms in total. The Kier molecular flexibility index (Phi) is 3.19. The minimum absolute atomic E-state index is 0.208. The van der Waals surface area contributed by atoms with Crippen LogP contribution in [0.1, 0.15) is 12.0 Å². The third-order valence-corrected chi connectivity index (χ3v) is 2.36. The molecule has 2 aromatic carbocycles. The minimum atomic E-state index is -0.208. The lowest BCUT2D eigenvalue weighted by Crippen LogP contribution is -1.95. The second-order valence-corrected chi connectivity index (χ2v) is 3.48. The van der Waals surface area contributed by atoms with Gasteiger partial charge < -0.3 is 5.73 Å². The zero-order valence-electron chi connectivity index (χ0n) is 8.83. The molecular formula is C14H12FN. The lowest BCUT2D eigenvalue weighted by Gasteiger charge is -2.01. The summed E-state index contributed by atoms with van der Waals surface area (Å²) in [4.78, 5) is 0. The molecule has 0 amide bonds. The summed E-state index contributed by atoms with van der Waals surface area (Å²) in [5.41, 5.74) is 6.22. The minimum Gasteiger partial charge on any atom is -0.330 e. The number of benzene rings is 2. The molecule has 0 fully saturated rings. The van der Waals surface area contributed by atoms with Crippen LogP contribution in [0.2, 0.25) is 0 Å². The van der Waals surface area contributed by atoms with Gasteiger partial charge in [-0.1, -0.05) is 36.1 Å². The number of rotatable bonds is 1. The molecule has 0 aromatic heterocycles. The molecule has 0 aliphatic rings. The van der Waals surface area contributed by atoms with Crippen LogP contribution in [0.25, 0.3) is 10.8 Å². The third kappa shape index (κ3) is 2.05. The maximum Gasteiger partial charge on any atom is 0.131 e. The van der Waals surface area contributed by atoms with Crippen molar-refractivity contribution >= 4 is 10.8 Å². The van der Waals surface area contributed by atoms with Crippen molar-refractivity contribution in [2.45, 2.75) is 6.42 Å². The van der Waals surface area contributed by atoms with Crippen LogP contribution in [-0.2, 0) is 0 Å². The Morgan fingerprint density at radius 1 is 1.06 bits per heavy atom. The van der Waals surface area contributed by atoms with E-state index in [1.807, 2.05) is 18.2 Å². The van der Waals surface area contributed by atoms with Gasteiger partial charge >= 0.3 is 0 Å². The molecule has 0 bridgehead atoms. The molecule has 0 saturated carbocycles. The predicted octanol–water partition coefficient (Wildman–Crippen LogP) is 2.68. The van der Waals surface area contributed by atoms with Gasteiger partial charge in [0.2, 0.25) is 0 Å². The summed E-state index contributed by atoms with van der Waals surface area (Å²) in [7, 11) is 0. The summed E-state index contributed by atoms with van der Waals surface area (Å²) in [6, 6.07) is 10.5. The highest BCUT2D eigenvalue weighted by Gasteiger charge is 2.02. The standard InChI is InChI=1S/C14H12FN/c15-14-9-8-11(5-3-4-10-16)12-6-1-2-7-13(12)14/h1-2,6-9H,4,10,16H2. The summed E-state index contributed by atoms with van der Waals surface area (Å²) < 4.78 is 13.5. The van der Waals surface area contributed by atoms with E-state index in [1.54, 1.807) is 12.1 Å². The van der Waals surface area contributed by atoms with Gasteiger partial charge in [-0.2, -0.15) is 0 Å². The molecule has 0 radical (unpaired) electrons. The van der Waals surface area contributed by atoms with Crippen LogP contribution in [0.15, 0.2) is 36.4 Å². The zero-order chi connectivity index (χ0) is 11.4. The predicted molar refractivity (Wildman–Crippen MR) is 64.5 cm³/mol. The van der Waals surface area contributed by atoms with Crippen LogP contribution in [0.3, 0.4) is 0 Å². The highest BCUT2D eigenvalue weighted by atomic mass is 19.1. The molecule has 16 heavy (non-hydrogen) atoms. The second-order valence-electron chi connectivity index (χ2n) is 3.48. The molecular weight excluding hydrogens is 201 g/mol. The number of halogens is 1. The molecule has 2 N–H and O–H groups in total. The van der Waals surface area contributed by atoms with Gasteiger partial charge in [0.15, 0.2) is 0 Å². The van der Waals surface area contributed by atoms with Gasteiger partial charge in [-0.05, 0) is 12.1 Å². The Morgan fingerprint density at radius 2 is 1.81 bits per heavy atom. The molecule has 2 rings (SSSR count). The van der Waals surface area contributed by atoms with Gasteiger partial charge in [-0.25, -0.2) is 4.39 Å². The van der Waals surface area contributed by atoms with Crippen LogP contribution >= 0.6 is 0 Å². The van der Waals surface area contributed by atoms with E-state index < -0.39 is 0 Å². The molecule has 0 heterocycles. The molecule has 80 valence electrons. The normalized spacial score (nSPS) is 9.88. The van der Waals surface area contributed by atoms with Crippen LogP contribution in [0.4, 0.5) is 4.39 Å². The number of nitrogens with two attached hydrogens (primary N) is 1. The van der Waals surface area contributed by atoms with Gasteiger partial charge in [0, 0.05) is 29.3 Å². The van der Waals surface area contributed by atoms with Crippen LogP contribution in [0, 0.1) is 17.7 Å². The maximum absolute atomic E-state index is 13.5. The van der Waals surface area contributed by atoms with Gasteiger partial charge in [0.05, 0.1) is 0 Å². The number of hydrogen-bond donors (Lipinski definition) is 1. The van der Waals surface area contributed by atoms with Gasteiger partial charge in [-0.15, -0.1) is 0 Å². The summed E-state index contributed by atoms with van der Waals surface area (Å²) in [5.74, 6) is 5.78. The Hall–Kier alpha value is -1.85. The highest BCUT2D eigenvalue weighted by molar-refractivity contribution is 5.88. The zero-order valence-corrected chi connectivity index (χ0v) is 8.83. The van der Waals surface area contributed by atoms with Crippen molar-refractivity contribution < 1.29 is 4.39 Å². The first-order valence-corrected chi connectivity index (χ1v) is 5.19. The Bertz CT molecular complexity index is 564. The van der Waals surface area contributed by atoms with E-state index >= 15 is 0 Å². The van der Waals surface area contributed by atoms with Crippen LogP contribution in [0.5, 0.6) is 0 Å². The Balaban J connectivity index is 2.56. The smallest absolute Gasteiger partial charge is 0.131 e. The Labute approximate surface area is 94.1 Å². The molecule has 0 unspecified atom stereocenters. The fourth-order valence-electron chi connectivity index (χ4n) is 1.60. The van der Waals surface area contributed by atoms with E-state index in [1.165, 1.54) is 6.07 Å².